The van der Waals surface area contributed by atoms with E-state index in [1.54, 1.807) is 12.1 Å². The van der Waals surface area contributed by atoms with E-state index in [2.05, 4.69) is 14.9 Å². The number of ether oxygens (including phenoxy) is 1. The minimum atomic E-state index is -3.57. The van der Waals surface area contributed by atoms with Crippen LogP contribution in [-0.2, 0) is 19.6 Å². The van der Waals surface area contributed by atoms with E-state index in [-0.39, 0.29) is 10.8 Å². The number of morpholine rings is 1. The lowest BCUT2D eigenvalue weighted by Gasteiger charge is -2.26. The molecular formula is C15H21N3O4S2. The van der Waals surface area contributed by atoms with Crippen molar-refractivity contribution in [1.82, 2.24) is 9.62 Å². The lowest BCUT2D eigenvalue weighted by atomic mass is 10.3. The Labute approximate surface area is 146 Å². The Morgan fingerprint density at radius 3 is 2.88 bits per heavy atom. The summed E-state index contributed by atoms with van der Waals surface area (Å²) in [5.74, 6) is 0.249. The molecule has 0 saturated carbocycles. The number of fused-ring (bicyclic) bond motifs is 1. The van der Waals surface area contributed by atoms with Crippen molar-refractivity contribution < 1.29 is 17.9 Å². The molecule has 1 aromatic carbocycles. The number of hydrogen-bond acceptors (Lipinski definition) is 6. The van der Waals surface area contributed by atoms with Crippen LogP contribution in [0.5, 0.6) is 0 Å². The van der Waals surface area contributed by atoms with Gasteiger partial charge in [-0.25, -0.2) is 13.1 Å². The lowest BCUT2D eigenvalue weighted by Crippen LogP contribution is -2.38. The molecule has 0 atom stereocenters. The van der Waals surface area contributed by atoms with E-state index in [0.717, 1.165) is 44.2 Å². The van der Waals surface area contributed by atoms with Crippen LogP contribution in [0.2, 0.25) is 0 Å². The molecule has 132 valence electrons. The number of nitrogens with zero attached hydrogens (tertiary/aromatic N) is 1. The number of rotatable bonds is 6. The van der Waals surface area contributed by atoms with Crippen molar-refractivity contribution in [2.45, 2.75) is 16.2 Å². The molecule has 1 fully saturated rings. The third-order valence-corrected chi connectivity index (χ3v) is 6.47. The number of sulfonamides is 1. The van der Waals surface area contributed by atoms with Crippen molar-refractivity contribution in [1.29, 1.82) is 0 Å². The third-order valence-electron chi connectivity index (χ3n) is 3.94. The standard InChI is InChI=1S/C15H21N3O4S2/c19-15-11-23-14-3-2-12(10-13(14)17-15)24(20,21)16-4-1-5-18-6-8-22-9-7-18/h2-3,10,16H,1,4-9,11H2,(H,17,19). The van der Waals surface area contributed by atoms with Gasteiger partial charge in [0.15, 0.2) is 0 Å². The first-order chi connectivity index (χ1) is 11.5. The van der Waals surface area contributed by atoms with Crippen LogP contribution in [-0.4, -0.2) is 64.4 Å². The minimum Gasteiger partial charge on any atom is -0.379 e. The predicted molar refractivity (Wildman–Crippen MR) is 92.9 cm³/mol. The van der Waals surface area contributed by atoms with E-state index in [9.17, 15) is 13.2 Å². The fourth-order valence-electron chi connectivity index (χ4n) is 2.65. The average molecular weight is 371 g/mol. The number of carbonyl (C=O) groups is 1. The van der Waals surface area contributed by atoms with Crippen LogP contribution >= 0.6 is 11.8 Å². The summed E-state index contributed by atoms with van der Waals surface area (Å²) in [5.41, 5.74) is 0.562. The molecule has 0 bridgehead atoms. The van der Waals surface area contributed by atoms with Crippen molar-refractivity contribution in [3.63, 3.8) is 0 Å². The highest BCUT2D eigenvalue weighted by Crippen LogP contribution is 2.32. The molecule has 2 N–H and O–H groups in total. The molecule has 24 heavy (non-hydrogen) atoms. The molecular weight excluding hydrogens is 350 g/mol. The number of anilines is 1. The van der Waals surface area contributed by atoms with E-state index in [4.69, 9.17) is 4.74 Å². The molecule has 9 heteroatoms. The summed E-state index contributed by atoms with van der Waals surface area (Å²) >= 11 is 1.41. The highest BCUT2D eigenvalue weighted by Gasteiger charge is 2.20. The smallest absolute Gasteiger partial charge is 0.240 e. The van der Waals surface area contributed by atoms with Gasteiger partial charge in [-0.1, -0.05) is 0 Å². The van der Waals surface area contributed by atoms with Crippen LogP contribution in [0.15, 0.2) is 28.0 Å². The van der Waals surface area contributed by atoms with E-state index in [0.29, 0.717) is 18.0 Å². The molecule has 1 saturated heterocycles. The molecule has 2 aliphatic rings. The molecule has 0 radical (unpaired) electrons. The summed E-state index contributed by atoms with van der Waals surface area (Å²) in [6.07, 6.45) is 0.747. The average Bonchev–Trinajstić information content (AvgIpc) is 2.59. The maximum absolute atomic E-state index is 12.4. The van der Waals surface area contributed by atoms with Crippen molar-refractivity contribution in [2.24, 2.45) is 0 Å². The third kappa shape index (κ3) is 4.48. The second-order valence-electron chi connectivity index (χ2n) is 5.70. The number of thioether (sulfide) groups is 1. The van der Waals surface area contributed by atoms with E-state index in [1.165, 1.54) is 17.8 Å². The van der Waals surface area contributed by atoms with Crippen LogP contribution in [0.25, 0.3) is 0 Å². The van der Waals surface area contributed by atoms with Gasteiger partial charge in [-0.2, -0.15) is 0 Å². The molecule has 3 rings (SSSR count). The van der Waals surface area contributed by atoms with E-state index < -0.39 is 10.0 Å². The van der Waals surface area contributed by atoms with E-state index >= 15 is 0 Å². The largest absolute Gasteiger partial charge is 0.379 e. The predicted octanol–water partition coefficient (Wildman–Crippen LogP) is 0.731. The number of carbonyl (C=O) groups excluding carboxylic acids is 1. The number of nitrogens with one attached hydrogen (secondary N) is 2. The number of benzene rings is 1. The summed E-state index contributed by atoms with van der Waals surface area (Å²) in [6, 6.07) is 4.83. The van der Waals surface area contributed by atoms with E-state index in [1.807, 2.05) is 0 Å². The monoisotopic (exact) mass is 371 g/mol. The topological polar surface area (TPSA) is 87.7 Å². The second-order valence-corrected chi connectivity index (χ2v) is 8.48. The van der Waals surface area contributed by atoms with Gasteiger partial charge in [-0.05, 0) is 31.2 Å². The first-order valence-electron chi connectivity index (χ1n) is 7.91. The maximum Gasteiger partial charge on any atom is 0.240 e. The zero-order chi connectivity index (χ0) is 17.0. The summed E-state index contributed by atoms with van der Waals surface area (Å²) in [7, 11) is -3.57. The van der Waals surface area contributed by atoms with Gasteiger partial charge < -0.3 is 10.1 Å². The van der Waals surface area contributed by atoms with Gasteiger partial charge in [0, 0.05) is 24.5 Å². The second kappa shape index (κ2) is 7.83. The van der Waals surface area contributed by atoms with Gasteiger partial charge in [0.1, 0.15) is 0 Å². The van der Waals surface area contributed by atoms with Crippen molar-refractivity contribution in [3.05, 3.63) is 18.2 Å². The van der Waals surface area contributed by atoms with Crippen LogP contribution in [0.4, 0.5) is 5.69 Å². The van der Waals surface area contributed by atoms with Crippen molar-refractivity contribution in [3.8, 4) is 0 Å². The Kier molecular flexibility index (Phi) is 5.77. The Balaban J connectivity index is 1.55. The maximum atomic E-state index is 12.4. The van der Waals surface area contributed by atoms with Crippen LogP contribution < -0.4 is 10.0 Å². The fourth-order valence-corrected chi connectivity index (χ4v) is 4.54. The molecule has 2 heterocycles. The molecule has 2 aliphatic heterocycles. The molecule has 0 aliphatic carbocycles. The van der Waals surface area contributed by atoms with Gasteiger partial charge in [-0.15, -0.1) is 11.8 Å². The SMILES string of the molecule is O=C1CSc2ccc(S(=O)(=O)NCCCN3CCOCC3)cc2N1. The molecule has 0 spiro atoms. The van der Waals surface area contributed by atoms with Gasteiger partial charge in [-0.3, -0.25) is 9.69 Å². The van der Waals surface area contributed by atoms with Gasteiger partial charge in [0.25, 0.3) is 0 Å². The van der Waals surface area contributed by atoms with Crippen LogP contribution in [0.3, 0.4) is 0 Å². The Morgan fingerprint density at radius 2 is 2.08 bits per heavy atom. The first kappa shape index (κ1) is 17.7. The zero-order valence-corrected chi connectivity index (χ0v) is 14.9. The minimum absolute atomic E-state index is 0.111. The lowest BCUT2D eigenvalue weighted by molar-refractivity contribution is -0.113. The van der Waals surface area contributed by atoms with Crippen LogP contribution in [0, 0.1) is 0 Å². The van der Waals surface area contributed by atoms with Crippen LogP contribution in [0.1, 0.15) is 6.42 Å². The van der Waals surface area contributed by atoms with Gasteiger partial charge >= 0.3 is 0 Å². The normalized spacial score (nSPS) is 18.9. The molecule has 1 aromatic rings. The zero-order valence-electron chi connectivity index (χ0n) is 13.3. The quantitative estimate of drug-likeness (QED) is 0.717. The fraction of sp³-hybridized carbons (Fsp3) is 0.533. The Hall–Kier alpha value is -1.13. The first-order valence-corrected chi connectivity index (χ1v) is 10.4. The highest BCUT2D eigenvalue weighted by molar-refractivity contribution is 8.00. The summed E-state index contributed by atoms with van der Waals surface area (Å²) < 4.78 is 32.7. The molecule has 7 nitrogen and oxygen atoms in total. The molecule has 0 unspecified atom stereocenters. The number of hydrogen-bond donors (Lipinski definition) is 2. The van der Waals surface area contributed by atoms with Gasteiger partial charge in [0.05, 0.1) is 29.5 Å². The highest BCUT2D eigenvalue weighted by atomic mass is 32.2. The summed E-state index contributed by atoms with van der Waals surface area (Å²) in [6.45, 7) is 4.51. The molecule has 1 amide bonds. The van der Waals surface area contributed by atoms with Gasteiger partial charge in [0.2, 0.25) is 15.9 Å². The number of amides is 1. The molecule has 0 aromatic heterocycles. The Bertz CT molecular complexity index is 703. The summed E-state index contributed by atoms with van der Waals surface area (Å²) in [5, 5.41) is 2.71. The Morgan fingerprint density at radius 1 is 1.29 bits per heavy atom. The summed E-state index contributed by atoms with van der Waals surface area (Å²) in [4.78, 5) is 14.8. The van der Waals surface area contributed by atoms with Crippen molar-refractivity contribution in [2.75, 3.05) is 50.5 Å². The van der Waals surface area contributed by atoms with Crippen molar-refractivity contribution >= 4 is 33.4 Å².